The Morgan fingerprint density at radius 1 is 1.27 bits per heavy atom. The second kappa shape index (κ2) is 9.80. The molecule has 0 aliphatic heterocycles. The van der Waals surface area contributed by atoms with E-state index in [2.05, 4.69) is 0 Å². The molecule has 0 radical (unpaired) electrons. The molecule has 124 valence electrons. The Hall–Kier alpha value is -1.13. The summed E-state index contributed by atoms with van der Waals surface area (Å²) in [7, 11) is 0. The SMILES string of the molecule is CCCCC(=O)Oc1c(C)ccc(N(CCCl)CCCl)c1N. The summed E-state index contributed by atoms with van der Waals surface area (Å²) >= 11 is 11.7. The number of unbranched alkanes of at least 4 members (excludes halogenated alkanes) is 1. The van der Waals surface area contributed by atoms with Gasteiger partial charge in [-0.05, 0) is 25.0 Å². The molecule has 1 aromatic carbocycles. The number of nitrogens with two attached hydrogens (primary N) is 1. The summed E-state index contributed by atoms with van der Waals surface area (Å²) in [5.74, 6) is 1.12. The molecule has 0 fully saturated rings. The number of rotatable bonds is 9. The molecule has 1 aromatic rings. The number of hydrogen-bond acceptors (Lipinski definition) is 4. The van der Waals surface area contributed by atoms with Gasteiger partial charge >= 0.3 is 5.97 Å². The Morgan fingerprint density at radius 3 is 2.45 bits per heavy atom. The third kappa shape index (κ3) is 5.25. The van der Waals surface area contributed by atoms with Gasteiger partial charge in [0.2, 0.25) is 0 Å². The van der Waals surface area contributed by atoms with Crippen molar-refractivity contribution in [3.05, 3.63) is 17.7 Å². The van der Waals surface area contributed by atoms with Gasteiger partial charge in [0.1, 0.15) is 0 Å². The molecule has 0 aliphatic rings. The van der Waals surface area contributed by atoms with Crippen molar-refractivity contribution in [3.8, 4) is 5.75 Å². The van der Waals surface area contributed by atoms with Crippen LogP contribution in [-0.2, 0) is 4.79 Å². The van der Waals surface area contributed by atoms with E-state index < -0.39 is 0 Å². The molecule has 1 rings (SSSR count). The molecule has 6 heteroatoms. The predicted octanol–water partition coefficient (Wildman–Crippen LogP) is 3.96. The number of anilines is 2. The summed E-state index contributed by atoms with van der Waals surface area (Å²) < 4.78 is 5.47. The van der Waals surface area contributed by atoms with Crippen molar-refractivity contribution < 1.29 is 9.53 Å². The van der Waals surface area contributed by atoms with Crippen LogP contribution >= 0.6 is 23.2 Å². The van der Waals surface area contributed by atoms with Crippen LogP contribution < -0.4 is 15.4 Å². The lowest BCUT2D eigenvalue weighted by Gasteiger charge is -2.26. The van der Waals surface area contributed by atoms with Gasteiger partial charge in [0, 0.05) is 31.3 Å². The number of carbonyl (C=O) groups excluding carboxylic acids is 1. The first-order valence-corrected chi connectivity index (χ1v) is 8.58. The van der Waals surface area contributed by atoms with Crippen molar-refractivity contribution in [1.82, 2.24) is 0 Å². The van der Waals surface area contributed by atoms with Gasteiger partial charge in [0.15, 0.2) is 5.75 Å². The van der Waals surface area contributed by atoms with E-state index in [1.807, 2.05) is 30.9 Å². The van der Waals surface area contributed by atoms with Crippen LogP contribution in [0.2, 0.25) is 0 Å². The summed E-state index contributed by atoms with van der Waals surface area (Å²) in [5.41, 5.74) is 8.31. The third-order valence-electron chi connectivity index (χ3n) is 3.37. The van der Waals surface area contributed by atoms with Crippen LogP contribution in [0.1, 0.15) is 31.7 Å². The molecule has 0 atom stereocenters. The van der Waals surface area contributed by atoms with Gasteiger partial charge in [-0.15, -0.1) is 23.2 Å². The molecule has 22 heavy (non-hydrogen) atoms. The molecule has 0 bridgehead atoms. The van der Waals surface area contributed by atoms with Crippen molar-refractivity contribution in [3.63, 3.8) is 0 Å². The molecule has 0 saturated carbocycles. The van der Waals surface area contributed by atoms with Crippen molar-refractivity contribution in [2.75, 3.05) is 35.5 Å². The average Bonchev–Trinajstić information content (AvgIpc) is 2.49. The predicted molar refractivity (Wildman–Crippen MR) is 94.4 cm³/mol. The van der Waals surface area contributed by atoms with E-state index in [-0.39, 0.29) is 5.97 Å². The van der Waals surface area contributed by atoms with Crippen molar-refractivity contribution in [2.45, 2.75) is 33.1 Å². The summed E-state index contributed by atoms with van der Waals surface area (Å²) in [6, 6.07) is 3.80. The number of esters is 1. The van der Waals surface area contributed by atoms with Crippen molar-refractivity contribution in [1.29, 1.82) is 0 Å². The summed E-state index contributed by atoms with van der Waals surface area (Å²) in [6.07, 6.45) is 2.15. The Morgan fingerprint density at radius 2 is 1.91 bits per heavy atom. The fourth-order valence-corrected chi connectivity index (χ4v) is 2.56. The van der Waals surface area contributed by atoms with E-state index in [0.717, 1.165) is 24.1 Å². The molecule has 0 aromatic heterocycles. The van der Waals surface area contributed by atoms with E-state index in [0.29, 0.717) is 42.7 Å². The normalized spacial score (nSPS) is 10.5. The summed E-state index contributed by atoms with van der Waals surface area (Å²) in [6.45, 7) is 5.16. The molecular formula is C16H24Cl2N2O2. The highest BCUT2D eigenvalue weighted by molar-refractivity contribution is 6.18. The maximum absolute atomic E-state index is 11.9. The number of halogens is 2. The largest absolute Gasteiger partial charge is 0.424 e. The van der Waals surface area contributed by atoms with Gasteiger partial charge in [-0.1, -0.05) is 19.4 Å². The van der Waals surface area contributed by atoms with Gasteiger partial charge < -0.3 is 15.4 Å². The number of benzene rings is 1. The van der Waals surface area contributed by atoms with E-state index in [9.17, 15) is 4.79 Å². The Balaban J connectivity index is 3.02. The molecule has 4 nitrogen and oxygen atoms in total. The lowest BCUT2D eigenvalue weighted by Crippen LogP contribution is -2.28. The lowest BCUT2D eigenvalue weighted by atomic mass is 10.1. The number of hydrogen-bond donors (Lipinski definition) is 1. The lowest BCUT2D eigenvalue weighted by molar-refractivity contribution is -0.134. The standard InChI is InChI=1S/C16H24Cl2N2O2/c1-3-4-5-14(21)22-16-12(2)6-7-13(15(16)19)20(10-8-17)11-9-18/h6-7H,3-5,8-11,19H2,1-2H3. The number of carbonyl (C=O) groups is 1. The van der Waals surface area contributed by atoms with Gasteiger partial charge in [0.05, 0.1) is 11.4 Å². The molecule has 2 N–H and O–H groups in total. The second-order valence-corrected chi connectivity index (χ2v) is 5.84. The molecule has 0 unspecified atom stereocenters. The zero-order valence-electron chi connectivity index (χ0n) is 13.2. The van der Waals surface area contributed by atoms with Crippen LogP contribution in [0, 0.1) is 6.92 Å². The molecule has 0 saturated heterocycles. The third-order valence-corrected chi connectivity index (χ3v) is 3.71. The zero-order chi connectivity index (χ0) is 16.5. The summed E-state index contributed by atoms with van der Waals surface area (Å²) in [5, 5.41) is 0. The first kappa shape index (κ1) is 18.9. The van der Waals surface area contributed by atoms with E-state index >= 15 is 0 Å². The van der Waals surface area contributed by atoms with Crippen LogP contribution in [0.25, 0.3) is 0 Å². The summed E-state index contributed by atoms with van der Waals surface area (Å²) in [4.78, 5) is 13.9. The van der Waals surface area contributed by atoms with Crippen LogP contribution in [0.15, 0.2) is 12.1 Å². The van der Waals surface area contributed by atoms with Gasteiger partial charge in [-0.2, -0.15) is 0 Å². The topological polar surface area (TPSA) is 55.6 Å². The van der Waals surface area contributed by atoms with Crippen LogP contribution in [0.3, 0.4) is 0 Å². The minimum atomic E-state index is -0.255. The minimum absolute atomic E-state index is 0.255. The molecule has 0 spiro atoms. The van der Waals surface area contributed by atoms with Crippen LogP contribution in [0.4, 0.5) is 11.4 Å². The van der Waals surface area contributed by atoms with Gasteiger partial charge in [0.25, 0.3) is 0 Å². The second-order valence-electron chi connectivity index (χ2n) is 5.09. The van der Waals surface area contributed by atoms with Crippen molar-refractivity contribution in [2.24, 2.45) is 0 Å². The highest BCUT2D eigenvalue weighted by Crippen LogP contribution is 2.35. The Kier molecular flexibility index (Phi) is 8.43. The highest BCUT2D eigenvalue weighted by atomic mass is 35.5. The quantitative estimate of drug-likeness (QED) is 0.318. The van der Waals surface area contributed by atoms with Gasteiger partial charge in [-0.3, -0.25) is 4.79 Å². The number of aryl methyl sites for hydroxylation is 1. The number of ether oxygens (including phenoxy) is 1. The molecule has 0 aliphatic carbocycles. The maximum Gasteiger partial charge on any atom is 0.311 e. The molecule has 0 amide bonds. The maximum atomic E-state index is 11.9. The van der Waals surface area contributed by atoms with E-state index in [1.54, 1.807) is 0 Å². The fraction of sp³-hybridized carbons (Fsp3) is 0.562. The highest BCUT2D eigenvalue weighted by Gasteiger charge is 2.17. The molecular weight excluding hydrogens is 323 g/mol. The smallest absolute Gasteiger partial charge is 0.311 e. The average molecular weight is 347 g/mol. The van der Waals surface area contributed by atoms with E-state index in [1.165, 1.54) is 0 Å². The number of nitrogens with zero attached hydrogens (tertiary/aromatic N) is 1. The number of nitrogen functional groups attached to an aromatic ring is 1. The fourth-order valence-electron chi connectivity index (χ4n) is 2.15. The molecule has 0 heterocycles. The van der Waals surface area contributed by atoms with Gasteiger partial charge in [-0.25, -0.2) is 0 Å². The number of alkyl halides is 2. The van der Waals surface area contributed by atoms with Crippen LogP contribution in [-0.4, -0.2) is 30.8 Å². The Labute approximate surface area is 142 Å². The van der Waals surface area contributed by atoms with Crippen LogP contribution in [0.5, 0.6) is 5.75 Å². The first-order valence-electron chi connectivity index (χ1n) is 7.51. The minimum Gasteiger partial charge on any atom is -0.424 e. The van der Waals surface area contributed by atoms with E-state index in [4.69, 9.17) is 33.7 Å². The monoisotopic (exact) mass is 346 g/mol. The van der Waals surface area contributed by atoms with Crippen molar-refractivity contribution >= 4 is 40.5 Å². The first-order chi connectivity index (χ1) is 10.5. The zero-order valence-corrected chi connectivity index (χ0v) is 14.7. The Bertz CT molecular complexity index is 489.